The Morgan fingerprint density at radius 1 is 1.14 bits per heavy atom. The van der Waals surface area contributed by atoms with E-state index in [0.717, 1.165) is 54.2 Å². The van der Waals surface area contributed by atoms with Crippen LogP contribution >= 0.6 is 11.3 Å². The van der Waals surface area contributed by atoms with Crippen LogP contribution in [0.2, 0.25) is 0 Å². The first-order valence-corrected chi connectivity index (χ1v) is 12.9. The summed E-state index contributed by atoms with van der Waals surface area (Å²) in [6.07, 6.45) is 1.75. The van der Waals surface area contributed by atoms with Gasteiger partial charge in [0.25, 0.3) is 5.91 Å². The molecule has 1 aliphatic rings. The van der Waals surface area contributed by atoms with Gasteiger partial charge in [-0.15, -0.1) is 11.3 Å². The molecule has 35 heavy (non-hydrogen) atoms. The molecule has 3 aromatic heterocycles. The number of aryl methyl sites for hydroxylation is 2. The predicted molar refractivity (Wildman–Crippen MR) is 141 cm³/mol. The van der Waals surface area contributed by atoms with Crippen molar-refractivity contribution in [1.82, 2.24) is 20.1 Å². The third-order valence-electron chi connectivity index (χ3n) is 6.38. The largest absolute Gasteiger partial charge is 0.378 e. The molecule has 0 unspecified atom stereocenters. The maximum atomic E-state index is 13.4. The van der Waals surface area contributed by atoms with E-state index >= 15 is 0 Å². The van der Waals surface area contributed by atoms with Crippen LogP contribution in [0.25, 0.3) is 22.3 Å². The van der Waals surface area contributed by atoms with Gasteiger partial charge in [0, 0.05) is 46.7 Å². The Kier molecular flexibility index (Phi) is 6.58. The molecule has 4 aromatic rings. The molecule has 1 N–H and O–H groups in total. The highest BCUT2D eigenvalue weighted by atomic mass is 32.1. The normalized spacial score (nSPS) is 14.1. The van der Waals surface area contributed by atoms with E-state index in [1.807, 2.05) is 10.7 Å². The van der Waals surface area contributed by atoms with Crippen molar-refractivity contribution in [1.29, 1.82) is 0 Å². The monoisotopic (exact) mass is 489 g/mol. The Hall–Kier alpha value is -3.23. The van der Waals surface area contributed by atoms with Crippen LogP contribution in [0.15, 0.2) is 42.6 Å². The highest BCUT2D eigenvalue weighted by molar-refractivity contribution is 7.12. The molecule has 0 bridgehead atoms. The van der Waals surface area contributed by atoms with Crippen LogP contribution in [0.5, 0.6) is 0 Å². The molecule has 5 rings (SSSR count). The third-order valence-corrected chi connectivity index (χ3v) is 7.35. The van der Waals surface area contributed by atoms with Crippen LogP contribution in [0.3, 0.4) is 0 Å². The lowest BCUT2D eigenvalue weighted by Crippen LogP contribution is -2.36. The molecule has 0 aliphatic carbocycles. The van der Waals surface area contributed by atoms with Crippen LogP contribution in [0.4, 0.5) is 5.69 Å². The number of nitrogens with one attached hydrogen (secondary N) is 1. The first-order valence-electron chi connectivity index (χ1n) is 12.1. The van der Waals surface area contributed by atoms with Gasteiger partial charge < -0.3 is 15.0 Å². The smallest absolute Gasteiger partial charge is 0.252 e. The number of rotatable bonds is 6. The number of pyridine rings is 1. The molecule has 1 saturated heterocycles. The zero-order chi connectivity index (χ0) is 24.5. The Morgan fingerprint density at radius 3 is 2.54 bits per heavy atom. The minimum Gasteiger partial charge on any atom is -0.378 e. The maximum Gasteiger partial charge on any atom is 0.252 e. The number of hydrogen-bond acceptors (Lipinski definition) is 6. The Balaban J connectivity index is 1.41. The number of anilines is 1. The number of amides is 1. The molecule has 0 radical (unpaired) electrons. The minimum absolute atomic E-state index is 0.121. The summed E-state index contributed by atoms with van der Waals surface area (Å²) in [5.41, 5.74) is 5.46. The number of ether oxygens (including phenoxy) is 1. The highest BCUT2D eigenvalue weighted by Gasteiger charge is 2.20. The maximum absolute atomic E-state index is 13.4. The molecule has 0 spiro atoms. The lowest BCUT2D eigenvalue weighted by atomic mass is 10.1. The average Bonchev–Trinajstić information content (AvgIpc) is 3.45. The van der Waals surface area contributed by atoms with E-state index in [-0.39, 0.29) is 11.9 Å². The van der Waals surface area contributed by atoms with Crippen molar-refractivity contribution in [3.63, 3.8) is 0 Å². The molecule has 182 valence electrons. The van der Waals surface area contributed by atoms with E-state index in [1.54, 1.807) is 17.5 Å². The summed E-state index contributed by atoms with van der Waals surface area (Å²) >= 11 is 1.74. The van der Waals surface area contributed by atoms with Gasteiger partial charge in [0.05, 0.1) is 36.1 Å². The second kappa shape index (κ2) is 9.79. The third kappa shape index (κ3) is 4.81. The van der Waals surface area contributed by atoms with Gasteiger partial charge >= 0.3 is 0 Å². The van der Waals surface area contributed by atoms with Crippen molar-refractivity contribution in [3.8, 4) is 11.3 Å². The van der Waals surface area contributed by atoms with Gasteiger partial charge in [0.1, 0.15) is 0 Å². The fourth-order valence-electron chi connectivity index (χ4n) is 4.53. The number of benzene rings is 1. The molecule has 8 heteroatoms. The number of carbonyl (C=O) groups excluding carboxylic acids is 1. The number of carbonyl (C=O) groups is 1. The number of hydrogen-bond donors (Lipinski definition) is 1. The number of aromatic nitrogens is 3. The van der Waals surface area contributed by atoms with E-state index in [4.69, 9.17) is 9.72 Å². The summed E-state index contributed by atoms with van der Waals surface area (Å²) in [6, 6.07) is 12.6. The van der Waals surface area contributed by atoms with Crippen molar-refractivity contribution in [2.75, 3.05) is 31.2 Å². The molecule has 1 aliphatic heterocycles. The Bertz CT molecular complexity index is 1350. The summed E-state index contributed by atoms with van der Waals surface area (Å²) < 4.78 is 7.33. The van der Waals surface area contributed by atoms with Crippen LogP contribution in [0.1, 0.15) is 45.6 Å². The van der Waals surface area contributed by atoms with Gasteiger partial charge in [-0.3, -0.25) is 4.79 Å². The van der Waals surface area contributed by atoms with Crippen molar-refractivity contribution < 1.29 is 9.53 Å². The van der Waals surface area contributed by atoms with E-state index in [9.17, 15) is 4.79 Å². The first-order chi connectivity index (χ1) is 16.9. The zero-order valence-electron chi connectivity index (χ0n) is 20.7. The van der Waals surface area contributed by atoms with Crippen molar-refractivity contribution >= 4 is 34.0 Å². The standard InChI is InChI=1S/C27H31N5O2S/c1-17(2)32-26-24(16-29-32)23(14-25(30-26)22-13-18(3)35-19(22)4)27(33)28-15-20-5-7-21(8-6-20)31-9-11-34-12-10-31/h5-8,13-14,16-17H,9-12,15H2,1-4H3,(H,28,33). The van der Waals surface area contributed by atoms with E-state index in [2.05, 4.69) is 73.3 Å². The van der Waals surface area contributed by atoms with E-state index in [0.29, 0.717) is 12.1 Å². The number of morpholine rings is 1. The van der Waals surface area contributed by atoms with Gasteiger partial charge in [-0.05, 0) is 57.5 Å². The highest BCUT2D eigenvalue weighted by Crippen LogP contribution is 2.32. The Morgan fingerprint density at radius 2 is 1.89 bits per heavy atom. The molecule has 0 atom stereocenters. The fourth-order valence-corrected chi connectivity index (χ4v) is 5.46. The fraction of sp³-hybridized carbons (Fsp3) is 0.370. The summed E-state index contributed by atoms with van der Waals surface area (Å²) in [5.74, 6) is -0.121. The zero-order valence-corrected chi connectivity index (χ0v) is 21.5. The first kappa shape index (κ1) is 23.5. The molecule has 4 heterocycles. The summed E-state index contributed by atoms with van der Waals surface area (Å²) in [6.45, 7) is 12.1. The van der Waals surface area contributed by atoms with Gasteiger partial charge in [0.2, 0.25) is 0 Å². The van der Waals surface area contributed by atoms with Gasteiger partial charge in [-0.1, -0.05) is 12.1 Å². The SMILES string of the molecule is Cc1cc(-c2cc(C(=O)NCc3ccc(N4CCOCC4)cc3)c3cnn(C(C)C)c3n2)c(C)s1. The number of nitrogens with zero attached hydrogens (tertiary/aromatic N) is 4. The molecule has 1 aromatic carbocycles. The summed E-state index contributed by atoms with van der Waals surface area (Å²) in [4.78, 5) is 23.1. The Labute approximate surface area is 209 Å². The van der Waals surface area contributed by atoms with Crippen molar-refractivity contribution in [3.05, 3.63) is 63.5 Å². The molecule has 1 amide bonds. The summed E-state index contributed by atoms with van der Waals surface area (Å²) in [7, 11) is 0. The van der Waals surface area contributed by atoms with Crippen LogP contribution in [-0.2, 0) is 11.3 Å². The average molecular weight is 490 g/mol. The second-order valence-electron chi connectivity index (χ2n) is 9.25. The van der Waals surface area contributed by atoms with Gasteiger partial charge in [-0.25, -0.2) is 9.67 Å². The van der Waals surface area contributed by atoms with Crippen molar-refractivity contribution in [2.24, 2.45) is 0 Å². The minimum atomic E-state index is -0.121. The summed E-state index contributed by atoms with van der Waals surface area (Å²) in [5, 5.41) is 8.42. The lowest BCUT2D eigenvalue weighted by molar-refractivity contribution is 0.0952. The molecular formula is C27H31N5O2S. The van der Waals surface area contributed by atoms with Gasteiger partial charge in [-0.2, -0.15) is 5.10 Å². The molecule has 0 saturated carbocycles. The number of thiophene rings is 1. The predicted octanol–water partition coefficient (Wildman–Crippen LogP) is 5.12. The topological polar surface area (TPSA) is 72.3 Å². The second-order valence-corrected chi connectivity index (χ2v) is 10.7. The number of fused-ring (bicyclic) bond motifs is 1. The van der Waals surface area contributed by atoms with Crippen LogP contribution in [0, 0.1) is 13.8 Å². The quantitative estimate of drug-likeness (QED) is 0.407. The van der Waals surface area contributed by atoms with Crippen molar-refractivity contribution in [2.45, 2.75) is 40.3 Å². The van der Waals surface area contributed by atoms with E-state index in [1.165, 1.54) is 15.4 Å². The van der Waals surface area contributed by atoms with Crippen LogP contribution in [-0.4, -0.2) is 47.0 Å². The molecule has 1 fully saturated rings. The molecular weight excluding hydrogens is 458 g/mol. The lowest BCUT2D eigenvalue weighted by Gasteiger charge is -2.28. The van der Waals surface area contributed by atoms with Gasteiger partial charge in [0.15, 0.2) is 5.65 Å². The molecule has 7 nitrogen and oxygen atoms in total. The van der Waals surface area contributed by atoms with E-state index < -0.39 is 0 Å². The van der Waals surface area contributed by atoms with Crippen LogP contribution < -0.4 is 10.2 Å².